The van der Waals surface area contributed by atoms with Gasteiger partial charge in [0.25, 0.3) is 0 Å². The van der Waals surface area contributed by atoms with Crippen LogP contribution in [0.25, 0.3) is 0 Å². The maximum atomic E-state index is 11.9. The van der Waals surface area contributed by atoms with Crippen molar-refractivity contribution < 1.29 is 4.79 Å². The third-order valence-electron chi connectivity index (χ3n) is 4.07. The molecule has 4 heteroatoms. The van der Waals surface area contributed by atoms with Gasteiger partial charge in [-0.25, -0.2) is 0 Å². The molecular formula is C16H22N2OS. The standard InChI is InChI=1S/C16H22N2OS/c1-3-5-6-15(19)18-16-13(10-17)12-8-7-11(4-2)9-14(12)20-16/h11H,3-9H2,1-2H3,(H,18,19)/t11-/m0/s1. The van der Waals surface area contributed by atoms with Crippen LogP contribution in [0, 0.1) is 17.2 Å². The van der Waals surface area contributed by atoms with Crippen LogP contribution in [0.15, 0.2) is 0 Å². The number of rotatable bonds is 5. The molecule has 1 aliphatic rings. The Balaban J connectivity index is 2.16. The van der Waals surface area contributed by atoms with E-state index in [1.165, 1.54) is 16.9 Å². The number of hydrogen-bond donors (Lipinski definition) is 1. The van der Waals surface area contributed by atoms with Gasteiger partial charge in [0.2, 0.25) is 5.91 Å². The van der Waals surface area contributed by atoms with Gasteiger partial charge in [0.15, 0.2) is 0 Å². The fourth-order valence-corrected chi connectivity index (χ4v) is 4.06. The third kappa shape index (κ3) is 3.21. The smallest absolute Gasteiger partial charge is 0.225 e. The lowest BCUT2D eigenvalue weighted by Crippen LogP contribution is -2.12. The first-order chi connectivity index (χ1) is 9.69. The molecule has 0 fully saturated rings. The van der Waals surface area contributed by atoms with Crippen molar-refractivity contribution in [1.29, 1.82) is 5.26 Å². The molecule has 1 N–H and O–H groups in total. The Bertz CT molecular complexity index is 527. The molecule has 1 aromatic rings. The zero-order valence-electron chi connectivity index (χ0n) is 12.3. The summed E-state index contributed by atoms with van der Waals surface area (Å²) in [5.74, 6) is 0.769. The van der Waals surface area contributed by atoms with E-state index in [1.54, 1.807) is 11.3 Å². The van der Waals surface area contributed by atoms with Crippen LogP contribution in [-0.4, -0.2) is 5.91 Å². The van der Waals surface area contributed by atoms with Crippen LogP contribution < -0.4 is 5.32 Å². The molecule has 0 saturated heterocycles. The highest BCUT2D eigenvalue weighted by atomic mass is 32.1. The number of nitriles is 1. The topological polar surface area (TPSA) is 52.9 Å². The van der Waals surface area contributed by atoms with Crippen molar-refractivity contribution in [2.45, 2.75) is 58.8 Å². The number of amides is 1. The van der Waals surface area contributed by atoms with Gasteiger partial charge in [0.1, 0.15) is 11.1 Å². The number of unbranched alkanes of at least 4 members (excludes halogenated alkanes) is 1. The first-order valence-corrected chi connectivity index (χ1v) is 8.35. The Kier molecular flexibility index (Phi) is 5.19. The quantitative estimate of drug-likeness (QED) is 0.880. The molecule has 0 saturated carbocycles. The van der Waals surface area contributed by atoms with Gasteiger partial charge in [0.05, 0.1) is 5.56 Å². The Hall–Kier alpha value is -1.34. The van der Waals surface area contributed by atoms with Gasteiger partial charge in [-0.2, -0.15) is 5.26 Å². The zero-order valence-corrected chi connectivity index (χ0v) is 13.1. The van der Waals surface area contributed by atoms with Crippen molar-refractivity contribution in [2.24, 2.45) is 5.92 Å². The van der Waals surface area contributed by atoms with E-state index in [4.69, 9.17) is 0 Å². The lowest BCUT2D eigenvalue weighted by molar-refractivity contribution is -0.116. The van der Waals surface area contributed by atoms with Crippen LogP contribution in [-0.2, 0) is 17.6 Å². The predicted octanol–water partition coefficient (Wildman–Crippen LogP) is 4.26. The molecule has 0 unspecified atom stereocenters. The second kappa shape index (κ2) is 6.90. The summed E-state index contributed by atoms with van der Waals surface area (Å²) in [4.78, 5) is 13.2. The van der Waals surface area contributed by atoms with Crippen molar-refractivity contribution in [2.75, 3.05) is 5.32 Å². The summed E-state index contributed by atoms with van der Waals surface area (Å²) in [6, 6.07) is 2.29. The molecule has 0 aromatic carbocycles. The number of nitrogens with zero attached hydrogens (tertiary/aromatic N) is 1. The lowest BCUT2D eigenvalue weighted by Gasteiger charge is -2.20. The van der Waals surface area contributed by atoms with E-state index >= 15 is 0 Å². The van der Waals surface area contributed by atoms with Gasteiger partial charge >= 0.3 is 0 Å². The summed E-state index contributed by atoms with van der Waals surface area (Å²) in [5, 5.41) is 13.1. The van der Waals surface area contributed by atoms with Crippen molar-refractivity contribution in [1.82, 2.24) is 0 Å². The highest BCUT2D eigenvalue weighted by molar-refractivity contribution is 7.16. The highest BCUT2D eigenvalue weighted by Gasteiger charge is 2.25. The van der Waals surface area contributed by atoms with Crippen LogP contribution in [0.5, 0.6) is 0 Å². The minimum atomic E-state index is 0.0361. The molecule has 1 aliphatic carbocycles. The number of hydrogen-bond acceptors (Lipinski definition) is 3. The van der Waals surface area contributed by atoms with Crippen LogP contribution >= 0.6 is 11.3 Å². The van der Waals surface area contributed by atoms with Gasteiger partial charge in [-0.3, -0.25) is 4.79 Å². The number of carbonyl (C=O) groups is 1. The van der Waals surface area contributed by atoms with Gasteiger partial charge in [0, 0.05) is 11.3 Å². The first-order valence-electron chi connectivity index (χ1n) is 7.54. The summed E-state index contributed by atoms with van der Waals surface area (Å²) in [6.45, 7) is 4.30. The minimum absolute atomic E-state index is 0.0361. The molecule has 1 aromatic heterocycles. The van der Waals surface area contributed by atoms with Gasteiger partial charge in [-0.1, -0.05) is 26.7 Å². The third-order valence-corrected chi connectivity index (χ3v) is 5.24. The summed E-state index contributed by atoms with van der Waals surface area (Å²) >= 11 is 1.61. The number of anilines is 1. The largest absolute Gasteiger partial charge is 0.317 e. The Labute approximate surface area is 125 Å². The van der Waals surface area contributed by atoms with Crippen LogP contribution in [0.4, 0.5) is 5.00 Å². The normalized spacial score (nSPS) is 17.4. The fraction of sp³-hybridized carbons (Fsp3) is 0.625. The van der Waals surface area contributed by atoms with E-state index < -0.39 is 0 Å². The molecule has 0 bridgehead atoms. The van der Waals surface area contributed by atoms with E-state index in [0.717, 1.165) is 43.0 Å². The Morgan fingerprint density at radius 2 is 2.30 bits per heavy atom. The average molecular weight is 290 g/mol. The van der Waals surface area contributed by atoms with Crippen LogP contribution in [0.3, 0.4) is 0 Å². The summed E-state index contributed by atoms with van der Waals surface area (Å²) in [5.41, 5.74) is 1.90. The molecule has 20 heavy (non-hydrogen) atoms. The predicted molar refractivity (Wildman–Crippen MR) is 83.0 cm³/mol. The molecule has 1 heterocycles. The monoisotopic (exact) mass is 290 g/mol. The highest BCUT2D eigenvalue weighted by Crippen LogP contribution is 2.40. The van der Waals surface area contributed by atoms with E-state index in [2.05, 4.69) is 25.2 Å². The second-order valence-corrected chi connectivity index (χ2v) is 6.59. The Morgan fingerprint density at radius 3 is 2.95 bits per heavy atom. The Morgan fingerprint density at radius 1 is 1.50 bits per heavy atom. The molecule has 1 atom stereocenters. The molecule has 1 amide bonds. The average Bonchev–Trinajstić information content (AvgIpc) is 2.80. The first kappa shape index (κ1) is 15.1. The molecule has 2 rings (SSSR count). The van der Waals surface area contributed by atoms with Crippen LogP contribution in [0.1, 0.15) is 62.0 Å². The molecular weight excluding hydrogens is 268 g/mol. The second-order valence-electron chi connectivity index (χ2n) is 5.49. The van der Waals surface area contributed by atoms with E-state index in [9.17, 15) is 10.1 Å². The minimum Gasteiger partial charge on any atom is -0.317 e. The molecule has 0 spiro atoms. The van der Waals surface area contributed by atoms with E-state index in [0.29, 0.717) is 12.0 Å². The van der Waals surface area contributed by atoms with Crippen molar-refractivity contribution in [3.63, 3.8) is 0 Å². The molecule has 0 aliphatic heterocycles. The molecule has 0 radical (unpaired) electrons. The van der Waals surface area contributed by atoms with E-state index in [-0.39, 0.29) is 5.91 Å². The SMILES string of the molecule is CCCCC(=O)Nc1sc2c(c1C#N)CC[C@H](CC)C2. The van der Waals surface area contributed by atoms with Crippen molar-refractivity contribution >= 4 is 22.2 Å². The van der Waals surface area contributed by atoms with Gasteiger partial charge in [-0.05, 0) is 37.2 Å². The van der Waals surface area contributed by atoms with Gasteiger partial charge < -0.3 is 5.32 Å². The zero-order chi connectivity index (χ0) is 14.5. The maximum Gasteiger partial charge on any atom is 0.225 e. The molecule has 108 valence electrons. The van der Waals surface area contributed by atoms with Gasteiger partial charge in [-0.15, -0.1) is 11.3 Å². The summed E-state index contributed by atoms with van der Waals surface area (Å²) in [7, 11) is 0. The van der Waals surface area contributed by atoms with E-state index in [1.807, 2.05) is 0 Å². The number of nitrogens with one attached hydrogen (secondary N) is 1. The number of carbonyl (C=O) groups excluding carboxylic acids is 1. The van der Waals surface area contributed by atoms with Crippen molar-refractivity contribution in [3.8, 4) is 6.07 Å². The summed E-state index contributed by atoms with van der Waals surface area (Å²) in [6.07, 6.45) is 6.86. The summed E-state index contributed by atoms with van der Waals surface area (Å²) < 4.78 is 0. The number of thiophene rings is 1. The molecule has 3 nitrogen and oxygen atoms in total. The lowest BCUT2D eigenvalue weighted by atomic mass is 9.86. The maximum absolute atomic E-state index is 11.9. The van der Waals surface area contributed by atoms with Crippen LogP contribution in [0.2, 0.25) is 0 Å². The van der Waals surface area contributed by atoms with Crippen molar-refractivity contribution in [3.05, 3.63) is 16.0 Å². The number of fused-ring (bicyclic) bond motifs is 1. The fourth-order valence-electron chi connectivity index (χ4n) is 2.74.